The highest BCUT2D eigenvalue weighted by Crippen LogP contribution is 2.35. The first-order valence-corrected chi connectivity index (χ1v) is 11.2. The molecule has 0 heterocycles. The van der Waals surface area contributed by atoms with Crippen molar-refractivity contribution in [2.24, 2.45) is 0 Å². The van der Waals surface area contributed by atoms with Crippen molar-refractivity contribution in [1.29, 1.82) is 0 Å². The van der Waals surface area contributed by atoms with Crippen LogP contribution in [-0.4, -0.2) is 54.0 Å². The van der Waals surface area contributed by atoms with Gasteiger partial charge in [0.15, 0.2) is 9.84 Å². The van der Waals surface area contributed by atoms with Crippen LogP contribution >= 0.6 is 0 Å². The Morgan fingerprint density at radius 2 is 1.59 bits per heavy atom. The molecule has 2 aromatic carbocycles. The Kier molecular flexibility index (Phi) is 8.50. The number of aliphatic hydroxyl groups excluding tert-OH is 1. The first-order valence-electron chi connectivity index (χ1n) is 9.50. The molecule has 2 aromatic rings. The number of amides is 1. The van der Waals surface area contributed by atoms with Crippen molar-refractivity contribution >= 4 is 27.5 Å². The molecular weight excluding hydrogens is 438 g/mol. The number of carbonyl (C=O) groups excluding carboxylic acids is 1. The molecule has 2 rings (SSSR count). The summed E-state index contributed by atoms with van der Waals surface area (Å²) in [5.74, 6) is 0.653. The topological polar surface area (TPSA) is 120 Å². The summed E-state index contributed by atoms with van der Waals surface area (Å²) in [7, 11) is 2.13. The predicted octanol–water partition coefficient (Wildman–Crippen LogP) is 2.63. The molecule has 32 heavy (non-hydrogen) atoms. The summed E-state index contributed by atoms with van der Waals surface area (Å²) < 4.78 is 46.5. The van der Waals surface area contributed by atoms with E-state index in [4.69, 9.17) is 18.9 Å². The van der Waals surface area contributed by atoms with Crippen LogP contribution in [0.2, 0.25) is 0 Å². The molecule has 0 aliphatic carbocycles. The summed E-state index contributed by atoms with van der Waals surface area (Å²) in [5.41, 5.74) is 1.12. The molecule has 0 aromatic heterocycles. The normalized spacial score (nSPS) is 12.3. The molecule has 9 nitrogen and oxygen atoms in total. The summed E-state index contributed by atoms with van der Waals surface area (Å²) in [6.45, 7) is 1.32. The van der Waals surface area contributed by atoms with Crippen LogP contribution in [0.15, 0.2) is 35.7 Å². The first-order chi connectivity index (χ1) is 15.1. The molecule has 0 fully saturated rings. The quantitative estimate of drug-likeness (QED) is 0.549. The maximum absolute atomic E-state index is 12.7. The van der Waals surface area contributed by atoms with Gasteiger partial charge in [-0.2, -0.15) is 0 Å². The predicted molar refractivity (Wildman–Crippen MR) is 121 cm³/mol. The Bertz CT molecular complexity index is 1070. The zero-order chi connectivity index (χ0) is 23.9. The third-order valence-electron chi connectivity index (χ3n) is 4.46. The van der Waals surface area contributed by atoms with Crippen LogP contribution in [0.1, 0.15) is 18.1 Å². The van der Waals surface area contributed by atoms with Gasteiger partial charge < -0.3 is 29.4 Å². The molecule has 0 aliphatic heterocycles. The van der Waals surface area contributed by atoms with E-state index in [0.29, 0.717) is 34.1 Å². The van der Waals surface area contributed by atoms with Crippen molar-refractivity contribution in [3.05, 3.63) is 46.9 Å². The Hall–Kier alpha value is -3.24. The summed E-state index contributed by atoms with van der Waals surface area (Å²) in [6, 6.07) is 7.85. The van der Waals surface area contributed by atoms with E-state index >= 15 is 0 Å². The number of ether oxygens (including phenoxy) is 4. The average molecular weight is 466 g/mol. The number of methoxy groups -OCH3 is 4. The van der Waals surface area contributed by atoms with Gasteiger partial charge in [0, 0.05) is 17.5 Å². The van der Waals surface area contributed by atoms with E-state index in [1.807, 2.05) is 0 Å². The number of anilines is 1. The van der Waals surface area contributed by atoms with Gasteiger partial charge >= 0.3 is 0 Å². The van der Waals surface area contributed by atoms with Crippen molar-refractivity contribution in [2.75, 3.05) is 33.8 Å². The summed E-state index contributed by atoms with van der Waals surface area (Å²) >= 11 is 0. The fraction of sp³-hybridized carbons (Fsp3) is 0.318. The standard InChI is InChI=1S/C22H27NO8S/c1-14(24)22(25)23-18-10-15(6-7-19(18)29-3)13-32(26,27)9-8-17-20(30-4)11-16(28-2)12-21(17)31-5/h6-12,14,24H,13H2,1-5H3,(H,23,25)/b9-8+. The van der Waals surface area contributed by atoms with E-state index in [-0.39, 0.29) is 11.4 Å². The van der Waals surface area contributed by atoms with E-state index < -0.39 is 21.8 Å². The van der Waals surface area contributed by atoms with Crippen LogP contribution in [0.5, 0.6) is 23.0 Å². The highest BCUT2D eigenvalue weighted by atomic mass is 32.2. The highest BCUT2D eigenvalue weighted by molar-refractivity contribution is 7.93. The number of sulfone groups is 1. The van der Waals surface area contributed by atoms with Crippen LogP contribution in [0, 0.1) is 0 Å². The molecule has 1 amide bonds. The Labute approximate surface area is 187 Å². The molecule has 0 aliphatic rings. The van der Waals surface area contributed by atoms with E-state index in [9.17, 15) is 18.3 Å². The van der Waals surface area contributed by atoms with E-state index in [0.717, 1.165) is 5.41 Å². The highest BCUT2D eigenvalue weighted by Gasteiger charge is 2.16. The molecule has 0 radical (unpaired) electrons. The molecule has 174 valence electrons. The molecule has 1 atom stereocenters. The molecule has 10 heteroatoms. The lowest BCUT2D eigenvalue weighted by molar-refractivity contribution is -0.123. The van der Waals surface area contributed by atoms with Crippen LogP contribution in [0.4, 0.5) is 5.69 Å². The largest absolute Gasteiger partial charge is 0.496 e. The second-order valence-corrected chi connectivity index (χ2v) is 8.64. The van der Waals surface area contributed by atoms with Gasteiger partial charge in [-0.3, -0.25) is 4.79 Å². The summed E-state index contributed by atoms with van der Waals surface area (Å²) in [4.78, 5) is 11.8. The minimum atomic E-state index is -3.71. The summed E-state index contributed by atoms with van der Waals surface area (Å²) in [5, 5.41) is 13.0. The molecular formula is C22H27NO8S. The molecule has 0 saturated heterocycles. The van der Waals surface area contributed by atoms with Gasteiger partial charge in [-0.1, -0.05) is 6.07 Å². The third-order valence-corrected chi connectivity index (χ3v) is 5.75. The Morgan fingerprint density at radius 3 is 2.09 bits per heavy atom. The second kappa shape index (κ2) is 10.9. The maximum atomic E-state index is 12.7. The van der Waals surface area contributed by atoms with Crippen LogP contribution in [0.25, 0.3) is 6.08 Å². The van der Waals surface area contributed by atoms with Gasteiger partial charge in [0.1, 0.15) is 29.1 Å². The zero-order valence-electron chi connectivity index (χ0n) is 18.5. The van der Waals surface area contributed by atoms with Gasteiger partial charge in [0.05, 0.1) is 45.4 Å². The first kappa shape index (κ1) is 25.0. The van der Waals surface area contributed by atoms with E-state index in [1.54, 1.807) is 24.3 Å². The van der Waals surface area contributed by atoms with Gasteiger partial charge in [-0.05, 0) is 30.7 Å². The number of aliphatic hydroxyl groups is 1. The molecule has 0 spiro atoms. The molecule has 2 N–H and O–H groups in total. The fourth-order valence-electron chi connectivity index (χ4n) is 2.83. The molecule has 0 saturated carbocycles. The van der Waals surface area contributed by atoms with Crippen molar-refractivity contribution in [1.82, 2.24) is 0 Å². The van der Waals surface area contributed by atoms with E-state index in [1.165, 1.54) is 47.5 Å². The Morgan fingerprint density at radius 1 is 1.00 bits per heavy atom. The number of benzene rings is 2. The molecule has 0 bridgehead atoms. The monoisotopic (exact) mass is 465 g/mol. The van der Waals surface area contributed by atoms with Gasteiger partial charge in [0.25, 0.3) is 5.91 Å². The minimum Gasteiger partial charge on any atom is -0.496 e. The second-order valence-electron chi connectivity index (χ2n) is 6.76. The smallest absolute Gasteiger partial charge is 0.253 e. The van der Waals surface area contributed by atoms with Gasteiger partial charge in [0.2, 0.25) is 0 Å². The SMILES string of the molecule is COc1cc(OC)c(/C=C/S(=O)(=O)Cc2ccc(OC)c(NC(=O)C(C)O)c2)c(OC)c1. The minimum absolute atomic E-state index is 0.258. The maximum Gasteiger partial charge on any atom is 0.253 e. The van der Waals surface area contributed by atoms with Crippen LogP contribution < -0.4 is 24.3 Å². The van der Waals surface area contributed by atoms with Crippen molar-refractivity contribution in [2.45, 2.75) is 18.8 Å². The fourth-order valence-corrected chi connectivity index (χ4v) is 3.91. The number of hydrogen-bond donors (Lipinski definition) is 2. The lowest BCUT2D eigenvalue weighted by atomic mass is 10.1. The third kappa shape index (κ3) is 6.38. The lowest BCUT2D eigenvalue weighted by Crippen LogP contribution is -2.24. The van der Waals surface area contributed by atoms with Crippen LogP contribution in [0.3, 0.4) is 0 Å². The van der Waals surface area contributed by atoms with Crippen LogP contribution in [-0.2, 0) is 20.4 Å². The average Bonchev–Trinajstić information content (AvgIpc) is 2.76. The number of nitrogens with one attached hydrogen (secondary N) is 1. The number of hydrogen-bond acceptors (Lipinski definition) is 8. The zero-order valence-corrected chi connectivity index (χ0v) is 19.4. The number of rotatable bonds is 10. The Balaban J connectivity index is 2.33. The van der Waals surface area contributed by atoms with Gasteiger partial charge in [-0.15, -0.1) is 0 Å². The van der Waals surface area contributed by atoms with Gasteiger partial charge in [-0.25, -0.2) is 8.42 Å². The lowest BCUT2D eigenvalue weighted by Gasteiger charge is -2.13. The number of carbonyl (C=O) groups is 1. The van der Waals surface area contributed by atoms with Crippen molar-refractivity contribution in [3.8, 4) is 23.0 Å². The molecule has 1 unspecified atom stereocenters. The van der Waals surface area contributed by atoms with Crippen molar-refractivity contribution in [3.63, 3.8) is 0 Å². The van der Waals surface area contributed by atoms with E-state index in [2.05, 4.69) is 5.32 Å². The van der Waals surface area contributed by atoms with Crippen molar-refractivity contribution < 1.29 is 37.3 Å². The summed E-state index contributed by atoms with van der Waals surface area (Å²) in [6.07, 6.45) is 0.163.